The fourth-order valence-electron chi connectivity index (χ4n) is 2.61. The van der Waals surface area contributed by atoms with E-state index in [1.807, 2.05) is 6.07 Å². The van der Waals surface area contributed by atoms with Crippen molar-refractivity contribution in [3.8, 4) is 6.07 Å². The van der Waals surface area contributed by atoms with Gasteiger partial charge in [-0.3, -0.25) is 4.79 Å². The summed E-state index contributed by atoms with van der Waals surface area (Å²) >= 11 is 0. The molecule has 1 saturated heterocycles. The molecule has 2 aromatic rings. The summed E-state index contributed by atoms with van der Waals surface area (Å²) in [4.78, 5) is 25.9. The van der Waals surface area contributed by atoms with Crippen molar-refractivity contribution in [2.24, 2.45) is 5.92 Å². The molecule has 5 nitrogen and oxygen atoms in total. The first-order valence-corrected chi connectivity index (χ1v) is 6.91. The molecule has 5 heteroatoms. The lowest BCUT2D eigenvalue weighted by Gasteiger charge is -2.28. The zero-order chi connectivity index (χ0) is 14.8. The molecule has 0 bridgehead atoms. The maximum absolute atomic E-state index is 12.4. The van der Waals surface area contributed by atoms with E-state index in [4.69, 9.17) is 9.68 Å². The summed E-state index contributed by atoms with van der Waals surface area (Å²) in [7, 11) is 0. The number of likely N-dealkylation sites (tertiary alicyclic amines) is 1. The van der Waals surface area contributed by atoms with Crippen LogP contribution in [0.5, 0.6) is 0 Å². The van der Waals surface area contributed by atoms with Gasteiger partial charge < -0.3 is 9.32 Å². The van der Waals surface area contributed by atoms with Crippen LogP contribution in [0.1, 0.15) is 23.4 Å². The number of rotatable bonds is 1. The standard InChI is InChI=1S/C16H14N2O3/c17-10-11-5-7-18(8-6-11)15(19)14-9-12-3-1-2-4-13(12)16(20)21-14/h1-4,9,11H,5-8H2. The first kappa shape index (κ1) is 13.4. The van der Waals surface area contributed by atoms with Crippen LogP contribution in [-0.4, -0.2) is 23.9 Å². The molecule has 1 aromatic carbocycles. The monoisotopic (exact) mass is 282 g/mol. The second-order valence-corrected chi connectivity index (χ2v) is 5.18. The van der Waals surface area contributed by atoms with E-state index in [9.17, 15) is 9.59 Å². The summed E-state index contributed by atoms with van der Waals surface area (Å²) in [5, 5.41) is 10.0. The van der Waals surface area contributed by atoms with Gasteiger partial charge in [0.2, 0.25) is 0 Å². The van der Waals surface area contributed by atoms with Crippen LogP contribution in [-0.2, 0) is 0 Å². The number of benzene rings is 1. The number of carbonyl (C=O) groups is 1. The fraction of sp³-hybridized carbons (Fsp3) is 0.312. The summed E-state index contributed by atoms with van der Waals surface area (Å²) < 4.78 is 5.15. The van der Waals surface area contributed by atoms with Crippen molar-refractivity contribution < 1.29 is 9.21 Å². The quantitative estimate of drug-likeness (QED) is 0.803. The van der Waals surface area contributed by atoms with Crippen molar-refractivity contribution in [1.82, 2.24) is 4.90 Å². The van der Waals surface area contributed by atoms with Gasteiger partial charge in [0.25, 0.3) is 5.91 Å². The average molecular weight is 282 g/mol. The van der Waals surface area contributed by atoms with E-state index >= 15 is 0 Å². The molecule has 0 atom stereocenters. The molecule has 3 rings (SSSR count). The van der Waals surface area contributed by atoms with Crippen LogP contribution in [0.15, 0.2) is 39.5 Å². The highest BCUT2D eigenvalue weighted by molar-refractivity contribution is 5.95. The second kappa shape index (κ2) is 5.41. The average Bonchev–Trinajstić information content (AvgIpc) is 2.54. The molecule has 0 aliphatic carbocycles. The molecule has 1 fully saturated rings. The van der Waals surface area contributed by atoms with Gasteiger partial charge in [-0.25, -0.2) is 4.79 Å². The van der Waals surface area contributed by atoms with Gasteiger partial charge in [0.1, 0.15) is 0 Å². The van der Waals surface area contributed by atoms with Crippen LogP contribution >= 0.6 is 0 Å². The summed E-state index contributed by atoms with van der Waals surface area (Å²) in [5.41, 5.74) is -0.497. The third kappa shape index (κ3) is 2.52. The Morgan fingerprint density at radius 1 is 1.29 bits per heavy atom. The van der Waals surface area contributed by atoms with E-state index in [2.05, 4.69) is 6.07 Å². The zero-order valence-electron chi connectivity index (χ0n) is 11.4. The van der Waals surface area contributed by atoms with E-state index in [1.54, 1.807) is 29.2 Å². The predicted octanol–water partition coefficient (Wildman–Crippen LogP) is 2.17. The van der Waals surface area contributed by atoms with Crippen LogP contribution in [0, 0.1) is 17.2 Å². The lowest BCUT2D eigenvalue weighted by atomic mass is 9.98. The van der Waals surface area contributed by atoms with Crippen LogP contribution in [0.4, 0.5) is 0 Å². The molecular formula is C16H14N2O3. The van der Waals surface area contributed by atoms with Crippen molar-refractivity contribution in [3.05, 3.63) is 46.5 Å². The molecule has 1 aliphatic rings. The van der Waals surface area contributed by atoms with Crippen molar-refractivity contribution in [2.75, 3.05) is 13.1 Å². The third-order valence-electron chi connectivity index (χ3n) is 3.85. The number of hydrogen-bond donors (Lipinski definition) is 0. The first-order valence-electron chi connectivity index (χ1n) is 6.91. The molecule has 2 heterocycles. The minimum absolute atomic E-state index is 0.0117. The molecule has 0 unspecified atom stereocenters. The lowest BCUT2D eigenvalue weighted by molar-refractivity contribution is 0.0671. The number of nitriles is 1. The van der Waals surface area contributed by atoms with Crippen LogP contribution in [0.3, 0.4) is 0 Å². The SMILES string of the molecule is N#CC1CCN(C(=O)c2cc3ccccc3c(=O)o2)CC1. The van der Waals surface area contributed by atoms with Crippen molar-refractivity contribution in [2.45, 2.75) is 12.8 Å². The molecule has 1 aromatic heterocycles. The maximum Gasteiger partial charge on any atom is 0.344 e. The van der Waals surface area contributed by atoms with E-state index in [-0.39, 0.29) is 17.6 Å². The molecule has 1 aliphatic heterocycles. The van der Waals surface area contributed by atoms with Crippen LogP contribution in [0.25, 0.3) is 10.8 Å². The normalized spacial score (nSPS) is 15.9. The Kier molecular flexibility index (Phi) is 3.44. The predicted molar refractivity (Wildman–Crippen MR) is 76.7 cm³/mol. The highest BCUT2D eigenvalue weighted by atomic mass is 16.4. The molecule has 1 amide bonds. The Balaban J connectivity index is 1.89. The summed E-state index contributed by atoms with van der Waals surface area (Å²) in [6, 6.07) is 10.9. The Morgan fingerprint density at radius 3 is 2.71 bits per heavy atom. The van der Waals surface area contributed by atoms with E-state index < -0.39 is 5.63 Å². The van der Waals surface area contributed by atoms with Gasteiger partial charge >= 0.3 is 5.63 Å². The molecule has 0 saturated carbocycles. The topological polar surface area (TPSA) is 74.3 Å². The van der Waals surface area contributed by atoms with Gasteiger partial charge in [-0.05, 0) is 30.4 Å². The Morgan fingerprint density at radius 2 is 2.00 bits per heavy atom. The molecule has 21 heavy (non-hydrogen) atoms. The van der Waals surface area contributed by atoms with E-state index in [0.717, 1.165) is 0 Å². The third-order valence-corrected chi connectivity index (χ3v) is 3.85. The van der Waals surface area contributed by atoms with E-state index in [1.165, 1.54) is 0 Å². The van der Waals surface area contributed by atoms with Crippen LogP contribution < -0.4 is 5.63 Å². The summed E-state index contributed by atoms with van der Waals surface area (Å²) in [5.74, 6) is -0.207. The molecule has 0 radical (unpaired) electrons. The smallest absolute Gasteiger partial charge is 0.344 e. The van der Waals surface area contributed by atoms with Crippen molar-refractivity contribution in [3.63, 3.8) is 0 Å². The summed E-state index contributed by atoms with van der Waals surface area (Å²) in [6.07, 6.45) is 1.33. The van der Waals surface area contributed by atoms with Gasteiger partial charge in [-0.2, -0.15) is 5.26 Å². The van der Waals surface area contributed by atoms with Crippen molar-refractivity contribution >= 4 is 16.7 Å². The lowest BCUT2D eigenvalue weighted by Crippen LogP contribution is -2.38. The fourth-order valence-corrected chi connectivity index (χ4v) is 2.61. The second-order valence-electron chi connectivity index (χ2n) is 5.18. The van der Waals surface area contributed by atoms with Gasteiger partial charge in [0.05, 0.1) is 11.5 Å². The van der Waals surface area contributed by atoms with E-state index in [0.29, 0.717) is 36.7 Å². The van der Waals surface area contributed by atoms with Crippen LogP contribution in [0.2, 0.25) is 0 Å². The molecule has 0 spiro atoms. The zero-order valence-corrected chi connectivity index (χ0v) is 11.4. The molecule has 106 valence electrons. The van der Waals surface area contributed by atoms with Gasteiger partial charge in [0.15, 0.2) is 5.76 Å². The van der Waals surface area contributed by atoms with Crippen molar-refractivity contribution in [1.29, 1.82) is 5.26 Å². The number of amides is 1. The number of carbonyl (C=O) groups excluding carboxylic acids is 1. The maximum atomic E-state index is 12.4. The minimum Gasteiger partial charge on any atom is -0.417 e. The number of fused-ring (bicyclic) bond motifs is 1. The molecule has 0 N–H and O–H groups in total. The molecular weight excluding hydrogens is 268 g/mol. The Bertz CT molecular complexity index is 780. The first-order chi connectivity index (χ1) is 10.2. The largest absolute Gasteiger partial charge is 0.417 e. The number of nitrogens with zero attached hydrogens (tertiary/aromatic N) is 2. The van der Waals surface area contributed by atoms with Gasteiger partial charge in [0, 0.05) is 19.0 Å². The Hall–Kier alpha value is -2.61. The summed E-state index contributed by atoms with van der Waals surface area (Å²) in [6.45, 7) is 1.04. The number of piperidine rings is 1. The van der Waals surface area contributed by atoms with Gasteiger partial charge in [-0.15, -0.1) is 0 Å². The number of hydrogen-bond acceptors (Lipinski definition) is 4. The minimum atomic E-state index is -0.497. The van der Waals surface area contributed by atoms with Gasteiger partial charge in [-0.1, -0.05) is 18.2 Å². The highest BCUT2D eigenvalue weighted by Gasteiger charge is 2.25. The highest BCUT2D eigenvalue weighted by Crippen LogP contribution is 2.19. The Labute approximate surface area is 121 Å².